The van der Waals surface area contributed by atoms with E-state index in [1.54, 1.807) is 16.8 Å². The van der Waals surface area contributed by atoms with Gasteiger partial charge in [-0.2, -0.15) is 5.10 Å². The van der Waals surface area contributed by atoms with Gasteiger partial charge in [-0.3, -0.25) is 9.59 Å². The van der Waals surface area contributed by atoms with E-state index in [-0.39, 0.29) is 23.5 Å². The van der Waals surface area contributed by atoms with Gasteiger partial charge >= 0.3 is 0 Å². The van der Waals surface area contributed by atoms with Crippen molar-refractivity contribution in [3.05, 3.63) is 59.2 Å². The minimum atomic E-state index is -0.532. The number of hydrogen-bond donors (Lipinski definition) is 2. The van der Waals surface area contributed by atoms with E-state index in [0.29, 0.717) is 17.0 Å². The first-order valence-electron chi connectivity index (χ1n) is 10.6. The Morgan fingerprint density at radius 2 is 2.03 bits per heavy atom. The summed E-state index contributed by atoms with van der Waals surface area (Å²) in [6, 6.07) is 9.49. The molecule has 2 aliphatic carbocycles. The average molecular weight is 448 g/mol. The number of nitrogens with two attached hydrogens (primary N) is 1. The number of fused-ring (bicyclic) bond motifs is 2. The van der Waals surface area contributed by atoms with E-state index in [9.17, 15) is 9.59 Å². The maximum atomic E-state index is 12.7. The van der Waals surface area contributed by atoms with Crippen molar-refractivity contribution in [1.29, 1.82) is 0 Å². The number of ether oxygens (including phenoxy) is 1. The van der Waals surface area contributed by atoms with Crippen molar-refractivity contribution in [3.63, 3.8) is 0 Å². The average Bonchev–Trinajstić information content (AvgIpc) is 3.36. The van der Waals surface area contributed by atoms with Gasteiger partial charge in [-0.1, -0.05) is 6.07 Å². The van der Waals surface area contributed by atoms with Crippen LogP contribution in [-0.4, -0.2) is 38.6 Å². The highest BCUT2D eigenvalue weighted by molar-refractivity contribution is 7.17. The summed E-state index contributed by atoms with van der Waals surface area (Å²) in [6.45, 7) is 0. The maximum absolute atomic E-state index is 12.7. The second-order valence-electron chi connectivity index (χ2n) is 8.82. The number of aromatic nitrogens is 3. The zero-order valence-corrected chi connectivity index (χ0v) is 18.0. The molecule has 162 valence electrons. The monoisotopic (exact) mass is 447 g/mol. The van der Waals surface area contributed by atoms with Crippen LogP contribution in [0.4, 0.5) is 0 Å². The Hall–Kier alpha value is -3.46. The minimum absolute atomic E-state index is 0.00737. The third-order valence-electron chi connectivity index (χ3n) is 6.63. The van der Waals surface area contributed by atoms with Crippen molar-refractivity contribution in [2.45, 2.75) is 37.8 Å². The molecular formula is C23H21N5O3S. The topological polar surface area (TPSA) is 112 Å². The number of nitrogens with zero attached hydrogens (tertiary/aromatic N) is 3. The first-order valence-corrected chi connectivity index (χ1v) is 11.5. The number of thiophene rings is 1. The van der Waals surface area contributed by atoms with Crippen molar-refractivity contribution in [1.82, 2.24) is 19.9 Å². The van der Waals surface area contributed by atoms with Gasteiger partial charge in [0.15, 0.2) is 0 Å². The number of carbonyl (C=O) groups is 2. The van der Waals surface area contributed by atoms with Crippen LogP contribution in [0.25, 0.3) is 15.7 Å². The summed E-state index contributed by atoms with van der Waals surface area (Å²) in [4.78, 5) is 29.0. The summed E-state index contributed by atoms with van der Waals surface area (Å²) in [5.74, 6) is -0.297. The summed E-state index contributed by atoms with van der Waals surface area (Å²) < 4.78 is 8.69. The maximum Gasteiger partial charge on any atom is 0.255 e. The van der Waals surface area contributed by atoms with E-state index in [1.165, 1.54) is 11.3 Å². The summed E-state index contributed by atoms with van der Waals surface area (Å²) in [5, 5.41) is 9.30. The number of amides is 2. The Labute approximate surface area is 187 Å². The van der Waals surface area contributed by atoms with Crippen molar-refractivity contribution in [2.75, 3.05) is 0 Å². The van der Waals surface area contributed by atoms with Crippen LogP contribution in [0.3, 0.4) is 0 Å². The third kappa shape index (κ3) is 3.12. The number of pyridine rings is 2. The molecule has 6 rings (SSSR count). The van der Waals surface area contributed by atoms with Crippen LogP contribution in [0.1, 0.15) is 46.4 Å². The number of nitrogens with one attached hydrogen (secondary N) is 1. The molecule has 9 heteroatoms. The van der Waals surface area contributed by atoms with Crippen LogP contribution in [-0.2, 0) is 0 Å². The van der Waals surface area contributed by atoms with E-state index >= 15 is 0 Å². The van der Waals surface area contributed by atoms with Gasteiger partial charge in [0.05, 0.1) is 27.5 Å². The Morgan fingerprint density at radius 1 is 1.19 bits per heavy atom. The van der Waals surface area contributed by atoms with E-state index in [1.807, 2.05) is 35.8 Å². The Bertz CT molecular complexity index is 1360. The second-order valence-corrected chi connectivity index (χ2v) is 9.77. The molecule has 4 aromatic heterocycles. The molecule has 2 fully saturated rings. The lowest BCUT2D eigenvalue weighted by Crippen LogP contribution is -2.58. The molecule has 4 heterocycles. The van der Waals surface area contributed by atoms with Gasteiger partial charge in [0, 0.05) is 12.2 Å². The smallest absolute Gasteiger partial charge is 0.255 e. The second kappa shape index (κ2) is 7.03. The van der Waals surface area contributed by atoms with Gasteiger partial charge in [-0.15, -0.1) is 11.3 Å². The molecule has 4 aromatic rings. The molecule has 1 spiro atoms. The molecule has 0 saturated heterocycles. The van der Waals surface area contributed by atoms with Crippen LogP contribution in [0, 0.1) is 5.41 Å². The van der Waals surface area contributed by atoms with Crippen molar-refractivity contribution < 1.29 is 14.3 Å². The van der Waals surface area contributed by atoms with Gasteiger partial charge in [0.1, 0.15) is 11.7 Å². The van der Waals surface area contributed by atoms with Crippen molar-refractivity contribution in [2.24, 2.45) is 11.1 Å². The predicted molar refractivity (Wildman–Crippen MR) is 120 cm³/mol. The number of carbonyl (C=O) groups excluding carboxylic acids is 2. The molecule has 8 nitrogen and oxygen atoms in total. The molecule has 2 saturated carbocycles. The predicted octanol–water partition coefficient (Wildman–Crippen LogP) is 3.16. The van der Waals surface area contributed by atoms with Gasteiger partial charge in [-0.25, -0.2) is 9.50 Å². The molecule has 0 unspecified atom stereocenters. The van der Waals surface area contributed by atoms with Crippen LogP contribution in [0.15, 0.2) is 48.1 Å². The largest absolute Gasteiger partial charge is 0.474 e. The van der Waals surface area contributed by atoms with E-state index in [4.69, 9.17) is 10.5 Å². The van der Waals surface area contributed by atoms with Crippen LogP contribution < -0.4 is 15.8 Å². The number of hydrogen-bond acceptors (Lipinski definition) is 6. The normalized spacial score (nSPS) is 24.2. The molecular weight excluding hydrogens is 426 g/mol. The zero-order valence-electron chi connectivity index (χ0n) is 17.2. The quantitative estimate of drug-likeness (QED) is 0.488. The van der Waals surface area contributed by atoms with Gasteiger partial charge in [0.25, 0.3) is 11.8 Å². The zero-order chi connectivity index (χ0) is 21.9. The molecule has 0 bridgehead atoms. The number of primary amides is 1. The lowest BCUT2D eigenvalue weighted by atomic mass is 9.53. The molecule has 2 aliphatic rings. The molecule has 0 aromatic carbocycles. The molecule has 0 atom stereocenters. The van der Waals surface area contributed by atoms with E-state index in [2.05, 4.69) is 15.4 Å². The van der Waals surface area contributed by atoms with Crippen LogP contribution >= 0.6 is 11.3 Å². The Morgan fingerprint density at radius 3 is 2.84 bits per heavy atom. The van der Waals surface area contributed by atoms with Gasteiger partial charge in [0.2, 0.25) is 5.88 Å². The Balaban J connectivity index is 1.07. The minimum Gasteiger partial charge on any atom is -0.474 e. The fraction of sp³-hybridized carbons (Fsp3) is 0.304. The lowest BCUT2D eigenvalue weighted by Gasteiger charge is -2.57. The first kappa shape index (κ1) is 19.2. The fourth-order valence-electron chi connectivity index (χ4n) is 5.08. The summed E-state index contributed by atoms with van der Waals surface area (Å²) in [6.07, 6.45) is 7.07. The fourth-order valence-corrected chi connectivity index (χ4v) is 5.85. The first-order chi connectivity index (χ1) is 15.5. The molecule has 0 aliphatic heterocycles. The molecule has 3 N–H and O–H groups in total. The molecule has 32 heavy (non-hydrogen) atoms. The summed E-state index contributed by atoms with van der Waals surface area (Å²) in [7, 11) is 0. The van der Waals surface area contributed by atoms with E-state index < -0.39 is 5.91 Å². The van der Waals surface area contributed by atoms with Crippen LogP contribution in [0.5, 0.6) is 5.88 Å². The highest BCUT2D eigenvalue weighted by atomic mass is 32.1. The van der Waals surface area contributed by atoms with Crippen molar-refractivity contribution >= 4 is 38.9 Å². The molecule has 0 radical (unpaired) electrons. The standard InChI is InChI=1S/C23H21N5O3S/c24-20(29)15-7-19-17(4-6-32-19)27-22(15)31-14-10-23(11-14)8-13(9-23)26-21(30)16-12-25-28-5-2-1-3-18(16)28/h1-7,12-14H,8-11H2,(H2,24,29)(H,26,30). The lowest BCUT2D eigenvalue weighted by molar-refractivity contribution is -0.0847. The highest BCUT2D eigenvalue weighted by Gasteiger charge is 2.54. The highest BCUT2D eigenvalue weighted by Crippen LogP contribution is 2.56. The van der Waals surface area contributed by atoms with E-state index in [0.717, 1.165) is 41.4 Å². The Kier molecular flexibility index (Phi) is 4.23. The third-order valence-corrected chi connectivity index (χ3v) is 7.48. The van der Waals surface area contributed by atoms with Gasteiger partial charge in [-0.05, 0) is 60.7 Å². The number of rotatable bonds is 5. The van der Waals surface area contributed by atoms with Crippen molar-refractivity contribution in [3.8, 4) is 5.88 Å². The summed E-state index contributed by atoms with van der Waals surface area (Å²) in [5.41, 5.74) is 8.27. The molecule has 2 amide bonds. The SMILES string of the molecule is NC(=O)c1cc2sccc2nc1OC1CC2(CC(NC(=O)c3cnn4ccccc34)C2)C1. The van der Waals surface area contributed by atoms with Gasteiger partial charge < -0.3 is 15.8 Å². The van der Waals surface area contributed by atoms with Crippen LogP contribution in [0.2, 0.25) is 0 Å². The summed E-state index contributed by atoms with van der Waals surface area (Å²) >= 11 is 1.52.